The molecule has 3 rings (SSSR count). The molecule has 23 heavy (non-hydrogen) atoms. The Morgan fingerprint density at radius 3 is 2.91 bits per heavy atom. The van der Waals surface area contributed by atoms with Crippen LogP contribution in [0.1, 0.15) is 21.6 Å². The molecule has 0 saturated carbocycles. The minimum atomic E-state index is -0.149. The Morgan fingerprint density at radius 2 is 2.13 bits per heavy atom. The first-order valence-electron chi connectivity index (χ1n) is 7.05. The maximum atomic E-state index is 12.5. The lowest BCUT2D eigenvalue weighted by atomic mass is 10.2. The molecule has 3 aromatic rings. The van der Waals surface area contributed by atoms with E-state index in [1.54, 1.807) is 29.3 Å². The minimum Gasteiger partial charge on any atom is -0.307 e. The summed E-state index contributed by atoms with van der Waals surface area (Å²) in [5, 5.41) is 4.88. The van der Waals surface area contributed by atoms with E-state index in [0.29, 0.717) is 11.4 Å². The second-order valence-electron chi connectivity index (χ2n) is 4.94. The number of thioether (sulfide) groups is 1. The number of aromatic nitrogens is 2. The van der Waals surface area contributed by atoms with Crippen LogP contribution in [0.25, 0.3) is 0 Å². The summed E-state index contributed by atoms with van der Waals surface area (Å²) in [6.45, 7) is 1.97. The third-order valence-electron chi connectivity index (χ3n) is 3.15. The summed E-state index contributed by atoms with van der Waals surface area (Å²) in [6, 6.07) is 11.3. The molecule has 4 nitrogen and oxygen atoms in total. The van der Waals surface area contributed by atoms with Crippen molar-refractivity contribution in [1.82, 2.24) is 9.97 Å². The van der Waals surface area contributed by atoms with Crippen molar-refractivity contribution in [3.8, 4) is 0 Å². The molecule has 0 aliphatic heterocycles. The summed E-state index contributed by atoms with van der Waals surface area (Å²) in [4.78, 5) is 21.9. The monoisotopic (exact) mass is 341 g/mol. The van der Waals surface area contributed by atoms with E-state index in [0.717, 1.165) is 21.9 Å². The molecule has 1 amide bonds. The Labute approximate surface area is 143 Å². The number of aryl methyl sites for hydroxylation is 1. The molecule has 0 atom stereocenters. The number of amides is 1. The molecule has 0 aliphatic rings. The summed E-state index contributed by atoms with van der Waals surface area (Å²) in [7, 11) is 0. The molecule has 0 fully saturated rings. The largest absolute Gasteiger partial charge is 0.307 e. The number of hydrogen-bond donors (Lipinski definition) is 1. The SMILES string of the molecule is Cc1ccnc(NC(=O)c2ccccc2SCc2cscn2)c1. The highest BCUT2D eigenvalue weighted by Crippen LogP contribution is 2.26. The molecule has 1 aromatic carbocycles. The fraction of sp³-hybridized carbons (Fsp3) is 0.118. The van der Waals surface area contributed by atoms with Gasteiger partial charge >= 0.3 is 0 Å². The van der Waals surface area contributed by atoms with Crippen LogP contribution < -0.4 is 5.32 Å². The van der Waals surface area contributed by atoms with Gasteiger partial charge in [-0.05, 0) is 36.8 Å². The van der Waals surface area contributed by atoms with Gasteiger partial charge in [0.2, 0.25) is 0 Å². The van der Waals surface area contributed by atoms with E-state index in [9.17, 15) is 4.79 Å². The van der Waals surface area contributed by atoms with E-state index in [4.69, 9.17) is 0 Å². The van der Waals surface area contributed by atoms with Gasteiger partial charge in [0.15, 0.2) is 0 Å². The van der Waals surface area contributed by atoms with Crippen LogP contribution in [0.5, 0.6) is 0 Å². The third kappa shape index (κ3) is 4.18. The van der Waals surface area contributed by atoms with Crippen LogP contribution in [-0.4, -0.2) is 15.9 Å². The molecule has 0 bridgehead atoms. The summed E-state index contributed by atoms with van der Waals surface area (Å²) in [5.74, 6) is 1.16. The Kier molecular flexibility index (Phi) is 5.05. The van der Waals surface area contributed by atoms with Crippen molar-refractivity contribution in [2.75, 3.05) is 5.32 Å². The van der Waals surface area contributed by atoms with Gasteiger partial charge in [0, 0.05) is 22.2 Å². The van der Waals surface area contributed by atoms with Gasteiger partial charge in [0.25, 0.3) is 5.91 Å². The average Bonchev–Trinajstić information content (AvgIpc) is 3.06. The fourth-order valence-corrected chi connectivity index (χ4v) is 3.64. The molecular formula is C17H15N3OS2. The number of rotatable bonds is 5. The number of anilines is 1. The molecule has 1 N–H and O–H groups in total. The zero-order valence-corrected chi connectivity index (χ0v) is 14.2. The molecule has 2 aromatic heterocycles. The molecule has 0 spiro atoms. The van der Waals surface area contributed by atoms with Crippen LogP contribution in [0.3, 0.4) is 0 Å². The second-order valence-corrected chi connectivity index (χ2v) is 6.67. The number of benzene rings is 1. The number of carbonyl (C=O) groups is 1. The minimum absolute atomic E-state index is 0.149. The van der Waals surface area contributed by atoms with Gasteiger partial charge in [-0.1, -0.05) is 12.1 Å². The zero-order chi connectivity index (χ0) is 16.1. The first-order chi connectivity index (χ1) is 11.2. The number of carbonyl (C=O) groups excluding carboxylic acids is 1. The lowest BCUT2D eigenvalue weighted by molar-refractivity contribution is 0.102. The second kappa shape index (κ2) is 7.39. The van der Waals surface area contributed by atoms with Gasteiger partial charge in [-0.3, -0.25) is 4.79 Å². The van der Waals surface area contributed by atoms with Crippen molar-refractivity contribution in [1.29, 1.82) is 0 Å². The maximum Gasteiger partial charge on any atom is 0.257 e. The van der Waals surface area contributed by atoms with Crippen LogP contribution in [-0.2, 0) is 5.75 Å². The fourth-order valence-electron chi connectivity index (χ4n) is 2.03. The third-order valence-corrected chi connectivity index (χ3v) is 4.89. The van der Waals surface area contributed by atoms with Crippen LogP contribution in [0.2, 0.25) is 0 Å². The lowest BCUT2D eigenvalue weighted by Gasteiger charge is -2.09. The predicted octanol–water partition coefficient (Wildman–Crippen LogP) is 4.39. The Morgan fingerprint density at radius 1 is 1.26 bits per heavy atom. The van der Waals surface area contributed by atoms with Crippen molar-refractivity contribution < 1.29 is 4.79 Å². The molecule has 116 valence electrons. The van der Waals surface area contributed by atoms with E-state index >= 15 is 0 Å². The summed E-state index contributed by atoms with van der Waals surface area (Å²) in [6.07, 6.45) is 1.69. The Bertz CT molecular complexity index is 803. The van der Waals surface area contributed by atoms with Gasteiger partial charge in [-0.25, -0.2) is 9.97 Å². The lowest BCUT2D eigenvalue weighted by Crippen LogP contribution is -2.14. The van der Waals surface area contributed by atoms with E-state index in [1.807, 2.05) is 54.2 Å². The van der Waals surface area contributed by atoms with Gasteiger partial charge in [-0.15, -0.1) is 23.1 Å². The van der Waals surface area contributed by atoms with Gasteiger partial charge in [0.1, 0.15) is 5.82 Å². The standard InChI is InChI=1S/C17H15N3OS2/c1-12-6-7-18-16(8-12)20-17(21)14-4-2-3-5-15(14)23-10-13-9-22-11-19-13/h2-9,11H,10H2,1H3,(H,18,20,21). The smallest absolute Gasteiger partial charge is 0.257 e. The van der Waals surface area contributed by atoms with Crippen molar-refractivity contribution in [2.24, 2.45) is 0 Å². The van der Waals surface area contributed by atoms with Crippen LogP contribution in [0, 0.1) is 6.92 Å². The molecule has 0 unspecified atom stereocenters. The summed E-state index contributed by atoms with van der Waals surface area (Å²) >= 11 is 3.19. The van der Waals surface area contributed by atoms with Gasteiger partial charge in [0.05, 0.1) is 16.8 Å². The molecular weight excluding hydrogens is 326 g/mol. The van der Waals surface area contributed by atoms with Gasteiger partial charge < -0.3 is 5.32 Å². The molecule has 0 saturated heterocycles. The van der Waals surface area contributed by atoms with Crippen molar-refractivity contribution in [3.63, 3.8) is 0 Å². The number of pyridine rings is 1. The first-order valence-corrected chi connectivity index (χ1v) is 8.98. The highest BCUT2D eigenvalue weighted by atomic mass is 32.2. The van der Waals surface area contributed by atoms with Crippen molar-refractivity contribution >= 4 is 34.8 Å². The Hall–Kier alpha value is -2.18. The summed E-state index contributed by atoms with van der Waals surface area (Å²) in [5.41, 5.74) is 4.55. The quantitative estimate of drug-likeness (QED) is 0.699. The normalized spacial score (nSPS) is 10.5. The van der Waals surface area contributed by atoms with Crippen LogP contribution >= 0.6 is 23.1 Å². The van der Waals surface area contributed by atoms with E-state index in [-0.39, 0.29) is 5.91 Å². The number of nitrogens with one attached hydrogen (secondary N) is 1. The van der Waals surface area contributed by atoms with E-state index < -0.39 is 0 Å². The van der Waals surface area contributed by atoms with Crippen LogP contribution in [0.4, 0.5) is 5.82 Å². The average molecular weight is 341 g/mol. The van der Waals surface area contributed by atoms with Gasteiger partial charge in [-0.2, -0.15) is 0 Å². The maximum absolute atomic E-state index is 12.5. The molecule has 2 heterocycles. The number of thiazole rings is 1. The highest BCUT2D eigenvalue weighted by molar-refractivity contribution is 7.98. The van der Waals surface area contributed by atoms with E-state index in [1.165, 1.54) is 0 Å². The topological polar surface area (TPSA) is 54.9 Å². The zero-order valence-electron chi connectivity index (χ0n) is 12.5. The van der Waals surface area contributed by atoms with Crippen LogP contribution in [0.15, 0.2) is 58.4 Å². The number of nitrogens with zero attached hydrogens (tertiary/aromatic N) is 2. The Balaban J connectivity index is 1.75. The van der Waals surface area contributed by atoms with E-state index in [2.05, 4.69) is 15.3 Å². The predicted molar refractivity (Wildman–Crippen MR) is 95.0 cm³/mol. The highest BCUT2D eigenvalue weighted by Gasteiger charge is 2.12. The molecule has 0 radical (unpaired) electrons. The summed E-state index contributed by atoms with van der Waals surface area (Å²) < 4.78 is 0. The molecule has 0 aliphatic carbocycles. The first kappa shape index (κ1) is 15.7. The van der Waals surface area contributed by atoms with Crippen molar-refractivity contribution in [2.45, 2.75) is 17.6 Å². The van der Waals surface area contributed by atoms with Crippen molar-refractivity contribution in [3.05, 3.63) is 70.3 Å². The molecule has 6 heteroatoms. The number of hydrogen-bond acceptors (Lipinski definition) is 5.